The molecule has 11 heteroatoms. The molecule has 2 aliphatic rings. The number of hydrogen-bond donors (Lipinski definition) is 7. The summed E-state index contributed by atoms with van der Waals surface area (Å²) in [7, 11) is 1.41. The van der Waals surface area contributed by atoms with E-state index in [0.717, 1.165) is 0 Å². The zero-order valence-corrected chi connectivity index (χ0v) is 17.6. The lowest BCUT2D eigenvalue weighted by atomic mass is 9.91. The van der Waals surface area contributed by atoms with Crippen LogP contribution in [0.4, 0.5) is 0 Å². The minimum atomic E-state index is -1.60. The highest BCUT2D eigenvalue weighted by Crippen LogP contribution is 2.49. The normalized spacial score (nSPS) is 32.1. The quantitative estimate of drug-likeness (QED) is 0.291. The highest BCUT2D eigenvalue weighted by Gasteiger charge is 2.50. The van der Waals surface area contributed by atoms with E-state index in [-0.39, 0.29) is 22.8 Å². The van der Waals surface area contributed by atoms with E-state index >= 15 is 0 Å². The van der Waals surface area contributed by atoms with E-state index in [2.05, 4.69) is 0 Å². The number of rotatable bonds is 6. The fraction of sp³-hybridized carbons (Fsp3) is 0.455. The van der Waals surface area contributed by atoms with Gasteiger partial charge in [0.2, 0.25) is 0 Å². The van der Waals surface area contributed by atoms with Gasteiger partial charge in [0.25, 0.3) is 0 Å². The molecule has 7 N–H and O–H groups in total. The summed E-state index contributed by atoms with van der Waals surface area (Å²) in [6.07, 6.45) is -11.2. The van der Waals surface area contributed by atoms with Gasteiger partial charge < -0.3 is 54.7 Å². The molecule has 2 aliphatic heterocycles. The zero-order chi connectivity index (χ0) is 23.9. The summed E-state index contributed by atoms with van der Waals surface area (Å²) in [5, 5.41) is 70.8. The van der Waals surface area contributed by atoms with Crippen molar-refractivity contribution in [1.82, 2.24) is 0 Å². The molecular weight excluding hydrogens is 440 g/mol. The molecule has 0 saturated carbocycles. The smallest absolute Gasteiger partial charge is 0.187 e. The standard InChI is InChI=1S/C22H26O11/c1-30-11-6-12(25)15-14(7-11)31-19(9-2-4-10(24)5-3-9)21(16(15)27)33-22-18(29)17(28)20(32-22)13(26)8-23/h2-7,13,16-29H,8H2,1H3/t13-,16+,17+,18+,19+,20+,21-,22+/m1/s1. The van der Waals surface area contributed by atoms with Gasteiger partial charge in [-0.2, -0.15) is 0 Å². The molecule has 0 radical (unpaired) electrons. The number of hydrogen-bond acceptors (Lipinski definition) is 11. The van der Waals surface area contributed by atoms with Crippen molar-refractivity contribution in [2.45, 2.75) is 49.0 Å². The second kappa shape index (κ2) is 9.31. The molecule has 0 aromatic heterocycles. The summed E-state index contributed by atoms with van der Waals surface area (Å²) in [5.74, 6) is 0.126. The van der Waals surface area contributed by atoms with E-state index in [4.69, 9.17) is 24.1 Å². The van der Waals surface area contributed by atoms with Gasteiger partial charge in [-0.05, 0) is 17.7 Å². The van der Waals surface area contributed by atoms with Crippen LogP contribution in [0.1, 0.15) is 23.3 Å². The van der Waals surface area contributed by atoms with Crippen molar-refractivity contribution in [3.05, 3.63) is 47.5 Å². The highest BCUT2D eigenvalue weighted by molar-refractivity contribution is 5.53. The van der Waals surface area contributed by atoms with Crippen molar-refractivity contribution in [3.8, 4) is 23.0 Å². The minimum Gasteiger partial charge on any atom is -0.508 e. The lowest BCUT2D eigenvalue weighted by Gasteiger charge is -2.39. The molecule has 8 atom stereocenters. The Morgan fingerprint density at radius 3 is 2.36 bits per heavy atom. The van der Waals surface area contributed by atoms with Crippen molar-refractivity contribution < 1.29 is 54.7 Å². The molecule has 0 bridgehead atoms. The average Bonchev–Trinajstić information content (AvgIpc) is 3.08. The summed E-state index contributed by atoms with van der Waals surface area (Å²) >= 11 is 0. The van der Waals surface area contributed by atoms with Gasteiger partial charge in [-0.25, -0.2) is 0 Å². The molecule has 0 unspecified atom stereocenters. The van der Waals surface area contributed by atoms with E-state index < -0.39 is 55.6 Å². The molecule has 4 rings (SSSR count). The van der Waals surface area contributed by atoms with Gasteiger partial charge in [0.15, 0.2) is 12.4 Å². The first-order valence-electron chi connectivity index (χ1n) is 10.3. The molecule has 33 heavy (non-hydrogen) atoms. The van der Waals surface area contributed by atoms with Crippen LogP contribution in [-0.4, -0.2) is 86.3 Å². The number of ether oxygens (including phenoxy) is 4. The zero-order valence-electron chi connectivity index (χ0n) is 17.6. The lowest BCUT2D eigenvalue weighted by molar-refractivity contribution is -0.239. The predicted molar refractivity (Wildman–Crippen MR) is 110 cm³/mol. The molecular formula is C22H26O11. The summed E-state index contributed by atoms with van der Waals surface area (Å²) < 4.78 is 22.4. The summed E-state index contributed by atoms with van der Waals surface area (Å²) in [4.78, 5) is 0. The third kappa shape index (κ3) is 4.32. The lowest BCUT2D eigenvalue weighted by Crippen LogP contribution is -2.43. The third-order valence-electron chi connectivity index (χ3n) is 5.82. The van der Waals surface area contributed by atoms with Crippen LogP contribution >= 0.6 is 0 Å². The summed E-state index contributed by atoms with van der Waals surface area (Å²) in [5.41, 5.74) is 0.514. The number of methoxy groups -OCH3 is 1. The second-order valence-corrected chi connectivity index (χ2v) is 7.93. The average molecular weight is 466 g/mol. The third-order valence-corrected chi connectivity index (χ3v) is 5.82. The number of aliphatic hydroxyl groups is 5. The van der Waals surface area contributed by atoms with Gasteiger partial charge in [-0.3, -0.25) is 0 Å². The molecule has 1 saturated heterocycles. The van der Waals surface area contributed by atoms with E-state index in [0.29, 0.717) is 11.3 Å². The Hall–Kier alpha value is -2.64. The van der Waals surface area contributed by atoms with Gasteiger partial charge in [-0.15, -0.1) is 0 Å². The fourth-order valence-electron chi connectivity index (χ4n) is 4.06. The first kappa shape index (κ1) is 23.5. The Morgan fingerprint density at radius 1 is 1.03 bits per heavy atom. The Kier molecular flexibility index (Phi) is 6.64. The van der Waals surface area contributed by atoms with Crippen LogP contribution in [0.25, 0.3) is 0 Å². The number of phenolic OH excluding ortho intramolecular Hbond substituents is 2. The van der Waals surface area contributed by atoms with Crippen LogP contribution in [-0.2, 0) is 9.47 Å². The summed E-state index contributed by atoms with van der Waals surface area (Å²) in [6, 6.07) is 8.71. The topological polar surface area (TPSA) is 179 Å². The van der Waals surface area contributed by atoms with Gasteiger partial charge in [0.1, 0.15) is 59.6 Å². The number of aromatic hydroxyl groups is 2. The largest absolute Gasteiger partial charge is 0.508 e. The van der Waals surface area contributed by atoms with Crippen LogP contribution in [0.15, 0.2) is 36.4 Å². The minimum absolute atomic E-state index is 0.00536. The van der Waals surface area contributed by atoms with Crippen molar-refractivity contribution in [2.75, 3.05) is 13.7 Å². The van der Waals surface area contributed by atoms with Gasteiger partial charge in [0.05, 0.1) is 19.3 Å². The Labute approximate surface area is 188 Å². The monoisotopic (exact) mass is 466 g/mol. The molecule has 0 aliphatic carbocycles. The van der Waals surface area contributed by atoms with Crippen molar-refractivity contribution in [2.24, 2.45) is 0 Å². The van der Waals surface area contributed by atoms with Crippen molar-refractivity contribution in [1.29, 1.82) is 0 Å². The first-order chi connectivity index (χ1) is 15.7. The molecule has 2 aromatic carbocycles. The van der Waals surface area contributed by atoms with Crippen LogP contribution in [0.5, 0.6) is 23.0 Å². The maximum Gasteiger partial charge on any atom is 0.187 e. The molecule has 1 fully saturated rings. The second-order valence-electron chi connectivity index (χ2n) is 7.93. The van der Waals surface area contributed by atoms with Crippen LogP contribution < -0.4 is 9.47 Å². The van der Waals surface area contributed by atoms with E-state index in [1.807, 2.05) is 0 Å². The Morgan fingerprint density at radius 2 is 1.73 bits per heavy atom. The highest BCUT2D eigenvalue weighted by atomic mass is 16.7. The van der Waals surface area contributed by atoms with Gasteiger partial charge in [-0.1, -0.05) is 12.1 Å². The molecule has 2 heterocycles. The van der Waals surface area contributed by atoms with Crippen LogP contribution in [0.3, 0.4) is 0 Å². The molecule has 180 valence electrons. The Balaban J connectivity index is 1.70. The molecule has 0 spiro atoms. The fourth-order valence-corrected chi connectivity index (χ4v) is 4.06. The number of fused-ring (bicyclic) bond motifs is 1. The van der Waals surface area contributed by atoms with E-state index in [9.17, 15) is 30.6 Å². The van der Waals surface area contributed by atoms with Crippen LogP contribution in [0.2, 0.25) is 0 Å². The van der Waals surface area contributed by atoms with E-state index in [1.165, 1.54) is 31.4 Å². The maximum absolute atomic E-state index is 11.1. The number of benzene rings is 2. The number of phenols is 2. The SMILES string of the molecule is COc1cc(O)c2c(c1)O[C@@H](c1ccc(O)cc1)[C@H](O[C@@H]1O[C@@H]([C@H](O)CO)[C@@H](O)[C@@H]1O)[C@H]2O. The van der Waals surface area contributed by atoms with Crippen molar-refractivity contribution >= 4 is 0 Å². The van der Waals surface area contributed by atoms with E-state index in [1.54, 1.807) is 12.1 Å². The summed E-state index contributed by atoms with van der Waals surface area (Å²) in [6.45, 7) is -0.713. The number of aliphatic hydroxyl groups excluding tert-OH is 5. The van der Waals surface area contributed by atoms with Crippen LogP contribution in [0, 0.1) is 0 Å². The molecule has 0 amide bonds. The maximum atomic E-state index is 11.1. The van der Waals surface area contributed by atoms with Crippen molar-refractivity contribution in [3.63, 3.8) is 0 Å². The first-order valence-corrected chi connectivity index (χ1v) is 10.3. The Bertz CT molecular complexity index is 966. The molecule has 2 aromatic rings. The van der Waals surface area contributed by atoms with Gasteiger partial charge >= 0.3 is 0 Å². The van der Waals surface area contributed by atoms with Gasteiger partial charge in [0, 0.05) is 12.1 Å². The predicted octanol–water partition coefficient (Wildman–Crippen LogP) is -0.541. The molecule has 11 nitrogen and oxygen atoms in total.